The summed E-state index contributed by atoms with van der Waals surface area (Å²) in [5.74, 6) is 0.923. The molecule has 0 saturated carbocycles. The Labute approximate surface area is 121 Å². The fourth-order valence-electron chi connectivity index (χ4n) is 2.34. The van der Waals surface area contributed by atoms with Crippen LogP contribution in [0.2, 0.25) is 5.02 Å². The minimum Gasteiger partial charge on any atom is -0.454 e. The third-order valence-corrected chi connectivity index (χ3v) is 3.76. The zero-order chi connectivity index (χ0) is 14.1. The van der Waals surface area contributed by atoms with Crippen molar-refractivity contribution < 1.29 is 19.0 Å². The number of nitrogens with zero attached hydrogens (tertiary/aromatic N) is 1. The first-order valence-electron chi connectivity index (χ1n) is 6.35. The summed E-state index contributed by atoms with van der Waals surface area (Å²) < 4.78 is 15.9. The van der Waals surface area contributed by atoms with Crippen LogP contribution in [0, 0.1) is 0 Å². The number of carbonyl (C=O) groups is 1. The monoisotopic (exact) mass is 298 g/mol. The van der Waals surface area contributed by atoms with Gasteiger partial charge in [0.25, 0.3) is 0 Å². The van der Waals surface area contributed by atoms with E-state index in [2.05, 4.69) is 4.90 Å². The molecule has 0 radical (unpaired) electrons. The second kappa shape index (κ2) is 5.47. The summed E-state index contributed by atoms with van der Waals surface area (Å²) in [6.45, 7) is 2.52. The number of ether oxygens (including phenoxy) is 3. The number of hydrogen-bond acceptors (Lipinski definition) is 5. The summed E-state index contributed by atoms with van der Waals surface area (Å²) in [5, 5.41) is 0.622. The first-order chi connectivity index (χ1) is 9.63. The molecule has 0 aliphatic carbocycles. The fraction of sp³-hybridized carbons (Fsp3) is 0.462. The molecule has 108 valence electrons. The second-order valence-corrected chi connectivity index (χ2v) is 5.20. The lowest BCUT2D eigenvalue weighted by atomic mass is 10.1. The average molecular weight is 299 g/mol. The highest BCUT2D eigenvalue weighted by molar-refractivity contribution is 6.31. The van der Waals surface area contributed by atoms with Gasteiger partial charge in [-0.05, 0) is 11.6 Å². The van der Waals surface area contributed by atoms with Gasteiger partial charge >= 0.3 is 0 Å². The maximum absolute atomic E-state index is 11.2. The molecule has 6 nitrogen and oxygen atoms in total. The molecule has 0 aromatic heterocycles. The number of primary amides is 1. The Morgan fingerprint density at radius 1 is 1.40 bits per heavy atom. The van der Waals surface area contributed by atoms with Crippen molar-refractivity contribution in [1.29, 1.82) is 0 Å². The molecule has 2 N–H and O–H groups in total. The van der Waals surface area contributed by atoms with Crippen molar-refractivity contribution in [2.75, 3.05) is 26.5 Å². The number of nitrogens with two attached hydrogens (primary N) is 1. The first-order valence-corrected chi connectivity index (χ1v) is 6.72. The predicted molar refractivity (Wildman–Crippen MR) is 71.8 cm³/mol. The molecule has 1 aromatic rings. The van der Waals surface area contributed by atoms with Gasteiger partial charge in [0.15, 0.2) is 11.5 Å². The van der Waals surface area contributed by atoms with Crippen LogP contribution < -0.4 is 15.2 Å². The smallest absolute Gasteiger partial charge is 0.247 e. The van der Waals surface area contributed by atoms with Gasteiger partial charge < -0.3 is 19.9 Å². The molecule has 2 heterocycles. The molecular weight excluding hydrogens is 284 g/mol. The van der Waals surface area contributed by atoms with E-state index >= 15 is 0 Å². The van der Waals surface area contributed by atoms with Gasteiger partial charge in [0, 0.05) is 30.7 Å². The van der Waals surface area contributed by atoms with Gasteiger partial charge in [0.05, 0.1) is 6.61 Å². The Morgan fingerprint density at radius 3 is 2.90 bits per heavy atom. The van der Waals surface area contributed by atoms with Gasteiger partial charge in [-0.1, -0.05) is 11.6 Å². The molecule has 2 aliphatic heterocycles. The van der Waals surface area contributed by atoms with Gasteiger partial charge in [0.1, 0.15) is 6.10 Å². The minimum absolute atomic E-state index is 0.219. The largest absolute Gasteiger partial charge is 0.454 e. The normalized spacial score (nSPS) is 21.9. The van der Waals surface area contributed by atoms with Gasteiger partial charge in [-0.15, -0.1) is 0 Å². The molecule has 2 aliphatic rings. The van der Waals surface area contributed by atoms with Crippen LogP contribution in [0.5, 0.6) is 11.5 Å². The summed E-state index contributed by atoms with van der Waals surface area (Å²) in [5.41, 5.74) is 6.20. The van der Waals surface area contributed by atoms with E-state index in [-0.39, 0.29) is 6.79 Å². The zero-order valence-corrected chi connectivity index (χ0v) is 11.6. The third-order valence-electron chi connectivity index (χ3n) is 3.40. The molecule has 1 aromatic carbocycles. The van der Waals surface area contributed by atoms with Crippen LogP contribution in [0.3, 0.4) is 0 Å². The Hall–Kier alpha value is -1.50. The second-order valence-electron chi connectivity index (χ2n) is 4.79. The van der Waals surface area contributed by atoms with Gasteiger partial charge in [-0.3, -0.25) is 9.69 Å². The van der Waals surface area contributed by atoms with E-state index in [1.54, 1.807) is 6.07 Å². The first kappa shape index (κ1) is 13.5. The molecule has 20 heavy (non-hydrogen) atoms. The quantitative estimate of drug-likeness (QED) is 0.891. The molecule has 1 saturated heterocycles. The van der Waals surface area contributed by atoms with Crippen molar-refractivity contribution in [3.8, 4) is 11.5 Å². The zero-order valence-electron chi connectivity index (χ0n) is 10.8. The summed E-state index contributed by atoms with van der Waals surface area (Å²) in [6, 6.07) is 3.63. The standard InChI is InChI=1S/C13H15ClN2O4/c14-9-4-11-10(19-7-20-11)3-8(9)5-16-1-2-18-12(6-16)13(15)17/h3-4,12H,1-2,5-7H2,(H2,15,17). The van der Waals surface area contributed by atoms with E-state index < -0.39 is 12.0 Å². The molecular formula is C13H15ClN2O4. The molecule has 1 atom stereocenters. The van der Waals surface area contributed by atoms with Crippen molar-refractivity contribution >= 4 is 17.5 Å². The Morgan fingerprint density at radius 2 is 2.15 bits per heavy atom. The number of morpholine rings is 1. The van der Waals surface area contributed by atoms with Gasteiger partial charge in [-0.2, -0.15) is 0 Å². The van der Waals surface area contributed by atoms with Crippen LogP contribution in [0.1, 0.15) is 5.56 Å². The highest BCUT2D eigenvalue weighted by Gasteiger charge is 2.26. The van der Waals surface area contributed by atoms with Gasteiger partial charge in [0.2, 0.25) is 12.7 Å². The highest BCUT2D eigenvalue weighted by atomic mass is 35.5. The Balaban J connectivity index is 1.73. The van der Waals surface area contributed by atoms with Crippen LogP contribution in [-0.2, 0) is 16.1 Å². The van der Waals surface area contributed by atoms with Crippen LogP contribution in [0.25, 0.3) is 0 Å². The molecule has 1 amide bonds. The predicted octanol–water partition coefficient (Wildman–Crippen LogP) is 0.755. The number of benzene rings is 1. The lowest BCUT2D eigenvalue weighted by Gasteiger charge is -2.31. The number of rotatable bonds is 3. The van der Waals surface area contributed by atoms with E-state index in [0.717, 1.165) is 12.1 Å². The third kappa shape index (κ3) is 2.67. The molecule has 3 rings (SSSR count). The van der Waals surface area contributed by atoms with E-state index in [4.69, 9.17) is 31.5 Å². The van der Waals surface area contributed by atoms with Crippen LogP contribution in [-0.4, -0.2) is 43.4 Å². The number of carbonyl (C=O) groups excluding carboxylic acids is 1. The van der Waals surface area contributed by atoms with Crippen molar-refractivity contribution in [1.82, 2.24) is 4.90 Å². The van der Waals surface area contributed by atoms with E-state index in [1.165, 1.54) is 0 Å². The number of hydrogen-bond donors (Lipinski definition) is 1. The number of halogens is 1. The topological polar surface area (TPSA) is 74.0 Å². The Bertz CT molecular complexity index is 537. The summed E-state index contributed by atoms with van der Waals surface area (Å²) >= 11 is 6.24. The lowest BCUT2D eigenvalue weighted by molar-refractivity contribution is -0.135. The van der Waals surface area contributed by atoms with E-state index in [1.807, 2.05) is 6.07 Å². The van der Waals surface area contributed by atoms with E-state index in [0.29, 0.717) is 36.2 Å². The average Bonchev–Trinajstić information content (AvgIpc) is 2.86. The maximum Gasteiger partial charge on any atom is 0.247 e. The highest BCUT2D eigenvalue weighted by Crippen LogP contribution is 2.37. The summed E-state index contributed by atoms with van der Waals surface area (Å²) in [7, 11) is 0. The van der Waals surface area contributed by atoms with Crippen molar-refractivity contribution in [2.45, 2.75) is 12.6 Å². The van der Waals surface area contributed by atoms with E-state index in [9.17, 15) is 4.79 Å². The number of fused-ring (bicyclic) bond motifs is 1. The molecule has 0 bridgehead atoms. The SMILES string of the molecule is NC(=O)C1CN(Cc2cc3c(cc2Cl)OCO3)CCO1. The molecule has 1 unspecified atom stereocenters. The van der Waals surface area contributed by atoms with Crippen molar-refractivity contribution in [3.05, 3.63) is 22.7 Å². The fourth-order valence-corrected chi connectivity index (χ4v) is 2.55. The molecule has 1 fully saturated rings. The summed E-state index contributed by atoms with van der Waals surface area (Å²) in [4.78, 5) is 13.3. The van der Waals surface area contributed by atoms with Crippen LogP contribution in [0.4, 0.5) is 0 Å². The summed E-state index contributed by atoms with van der Waals surface area (Å²) in [6.07, 6.45) is -0.559. The Kier molecular flexibility index (Phi) is 3.69. The minimum atomic E-state index is -0.559. The van der Waals surface area contributed by atoms with Crippen molar-refractivity contribution in [2.24, 2.45) is 5.73 Å². The van der Waals surface area contributed by atoms with Gasteiger partial charge in [-0.25, -0.2) is 0 Å². The van der Waals surface area contributed by atoms with Crippen LogP contribution in [0.15, 0.2) is 12.1 Å². The lowest BCUT2D eigenvalue weighted by Crippen LogP contribution is -2.47. The van der Waals surface area contributed by atoms with Crippen molar-refractivity contribution in [3.63, 3.8) is 0 Å². The van der Waals surface area contributed by atoms with Crippen LogP contribution >= 0.6 is 11.6 Å². The maximum atomic E-state index is 11.2. The molecule has 7 heteroatoms. The number of amides is 1. The molecule has 0 spiro atoms.